The maximum atomic E-state index is 11.7. The number of aryl methyl sites for hydroxylation is 1. The van der Waals surface area contributed by atoms with E-state index in [1.807, 2.05) is 13.8 Å². The molecule has 0 aromatic carbocycles. The summed E-state index contributed by atoms with van der Waals surface area (Å²) >= 11 is 0. The van der Waals surface area contributed by atoms with E-state index in [1.165, 1.54) is 0 Å². The number of nitrogens with one attached hydrogen (secondary N) is 3. The van der Waals surface area contributed by atoms with Gasteiger partial charge in [-0.3, -0.25) is 4.79 Å². The fourth-order valence-corrected chi connectivity index (χ4v) is 1.41. The van der Waals surface area contributed by atoms with Gasteiger partial charge in [-0.15, -0.1) is 0 Å². The van der Waals surface area contributed by atoms with E-state index in [1.54, 1.807) is 19.9 Å². The van der Waals surface area contributed by atoms with Crippen LogP contribution in [0.1, 0.15) is 26.6 Å². The van der Waals surface area contributed by atoms with Crippen LogP contribution >= 0.6 is 0 Å². The van der Waals surface area contributed by atoms with Gasteiger partial charge >= 0.3 is 0 Å². The van der Waals surface area contributed by atoms with Crippen molar-refractivity contribution in [3.63, 3.8) is 0 Å². The van der Waals surface area contributed by atoms with Gasteiger partial charge in [-0.05, 0) is 27.7 Å². The molecule has 0 bridgehead atoms. The molecule has 1 aromatic heterocycles. The molecule has 0 fully saturated rings. The Kier molecular flexibility index (Phi) is 4.85. The molecule has 18 heavy (non-hydrogen) atoms. The van der Waals surface area contributed by atoms with Gasteiger partial charge in [0.1, 0.15) is 23.5 Å². The molecule has 1 atom stereocenters. The van der Waals surface area contributed by atoms with Crippen molar-refractivity contribution in [3.8, 4) is 0 Å². The fourth-order valence-electron chi connectivity index (χ4n) is 1.41. The normalized spacial score (nSPS) is 12.1. The quantitative estimate of drug-likeness (QED) is 0.446. The first kappa shape index (κ1) is 14.2. The van der Waals surface area contributed by atoms with E-state index in [-0.39, 0.29) is 18.0 Å². The number of rotatable bonds is 5. The second kappa shape index (κ2) is 6.15. The zero-order chi connectivity index (χ0) is 13.7. The highest BCUT2D eigenvalue weighted by molar-refractivity contribution is 5.84. The molecule has 1 unspecified atom stereocenters. The summed E-state index contributed by atoms with van der Waals surface area (Å²) in [5.74, 6) is 6.85. The lowest BCUT2D eigenvalue weighted by molar-refractivity contribution is -0.122. The molecular weight excluding hydrogens is 232 g/mol. The van der Waals surface area contributed by atoms with E-state index in [4.69, 9.17) is 5.84 Å². The Labute approximate surface area is 107 Å². The van der Waals surface area contributed by atoms with Crippen LogP contribution in [0.2, 0.25) is 0 Å². The third kappa shape index (κ3) is 4.17. The summed E-state index contributed by atoms with van der Waals surface area (Å²) in [6, 6.07) is 1.37. The molecule has 0 spiro atoms. The Morgan fingerprint density at radius 3 is 2.44 bits per heavy atom. The number of carbonyl (C=O) groups is 1. The minimum atomic E-state index is -0.382. The van der Waals surface area contributed by atoms with Crippen molar-refractivity contribution >= 4 is 17.5 Å². The number of hydrogen-bond acceptors (Lipinski definition) is 6. The Morgan fingerprint density at radius 1 is 1.28 bits per heavy atom. The molecule has 100 valence electrons. The van der Waals surface area contributed by atoms with Crippen molar-refractivity contribution in [2.24, 2.45) is 5.84 Å². The molecule has 1 heterocycles. The number of anilines is 2. The first-order valence-corrected chi connectivity index (χ1v) is 5.81. The SMILES string of the molecule is Cc1nc(NN)cc(NC(C)C(=O)NC(C)C)n1. The molecule has 5 N–H and O–H groups in total. The molecular formula is C11H20N6O. The van der Waals surface area contributed by atoms with Gasteiger partial charge in [-0.1, -0.05) is 0 Å². The van der Waals surface area contributed by atoms with Crippen LogP contribution < -0.4 is 21.9 Å². The van der Waals surface area contributed by atoms with E-state index < -0.39 is 0 Å². The Balaban J connectivity index is 2.72. The smallest absolute Gasteiger partial charge is 0.242 e. The number of hydrazine groups is 1. The summed E-state index contributed by atoms with van der Waals surface area (Å²) in [4.78, 5) is 20.0. The second-order valence-corrected chi connectivity index (χ2v) is 4.36. The Bertz CT molecular complexity index is 420. The summed E-state index contributed by atoms with van der Waals surface area (Å²) in [6.45, 7) is 7.35. The van der Waals surface area contributed by atoms with Gasteiger partial charge in [0.2, 0.25) is 5.91 Å². The molecule has 1 amide bonds. The van der Waals surface area contributed by atoms with Crippen LogP contribution in [-0.4, -0.2) is 28.0 Å². The second-order valence-electron chi connectivity index (χ2n) is 4.36. The monoisotopic (exact) mass is 252 g/mol. The largest absolute Gasteiger partial charge is 0.358 e. The fraction of sp³-hybridized carbons (Fsp3) is 0.545. The third-order valence-electron chi connectivity index (χ3n) is 2.17. The summed E-state index contributed by atoms with van der Waals surface area (Å²) in [7, 11) is 0. The minimum absolute atomic E-state index is 0.0801. The van der Waals surface area contributed by atoms with Crippen LogP contribution in [0.15, 0.2) is 6.07 Å². The number of nitrogens with zero attached hydrogens (tertiary/aromatic N) is 2. The number of aromatic nitrogens is 2. The highest BCUT2D eigenvalue weighted by Crippen LogP contribution is 2.11. The standard InChI is InChI=1S/C11H20N6O/c1-6(2)13-11(18)7(3)14-9-5-10(17-12)16-8(4)15-9/h5-7H,12H2,1-4H3,(H,13,18)(H2,14,15,16,17). The van der Waals surface area contributed by atoms with Gasteiger partial charge in [-0.2, -0.15) is 0 Å². The minimum Gasteiger partial charge on any atom is -0.358 e. The molecule has 0 aliphatic heterocycles. The van der Waals surface area contributed by atoms with E-state index in [0.717, 1.165) is 0 Å². The zero-order valence-corrected chi connectivity index (χ0v) is 11.1. The summed E-state index contributed by atoms with van der Waals surface area (Å²) in [5.41, 5.74) is 2.45. The van der Waals surface area contributed by atoms with E-state index in [0.29, 0.717) is 17.5 Å². The van der Waals surface area contributed by atoms with Crippen LogP contribution in [0, 0.1) is 6.92 Å². The van der Waals surface area contributed by atoms with Crippen molar-refractivity contribution in [1.29, 1.82) is 0 Å². The van der Waals surface area contributed by atoms with Gasteiger partial charge in [0, 0.05) is 12.1 Å². The van der Waals surface area contributed by atoms with Gasteiger partial charge in [-0.25, -0.2) is 15.8 Å². The number of amides is 1. The lowest BCUT2D eigenvalue weighted by Gasteiger charge is -2.17. The van der Waals surface area contributed by atoms with Crippen molar-refractivity contribution < 1.29 is 4.79 Å². The first-order valence-electron chi connectivity index (χ1n) is 5.81. The lowest BCUT2D eigenvalue weighted by Crippen LogP contribution is -2.41. The average Bonchev–Trinajstić information content (AvgIpc) is 2.27. The summed E-state index contributed by atoms with van der Waals surface area (Å²) < 4.78 is 0. The number of carbonyl (C=O) groups excluding carboxylic acids is 1. The summed E-state index contributed by atoms with van der Waals surface area (Å²) in [5, 5.41) is 5.82. The predicted octanol–water partition coefficient (Wildman–Crippen LogP) is 0.396. The van der Waals surface area contributed by atoms with Crippen molar-refractivity contribution in [3.05, 3.63) is 11.9 Å². The molecule has 0 saturated carbocycles. The zero-order valence-electron chi connectivity index (χ0n) is 11.1. The van der Waals surface area contributed by atoms with Gasteiger partial charge in [0.25, 0.3) is 0 Å². The molecule has 1 aromatic rings. The van der Waals surface area contributed by atoms with Crippen LogP contribution in [-0.2, 0) is 4.79 Å². The highest BCUT2D eigenvalue weighted by atomic mass is 16.2. The molecule has 0 radical (unpaired) electrons. The molecule has 1 rings (SSSR count). The average molecular weight is 252 g/mol. The van der Waals surface area contributed by atoms with Crippen LogP contribution in [0.3, 0.4) is 0 Å². The lowest BCUT2D eigenvalue weighted by atomic mass is 10.3. The molecule has 0 aliphatic carbocycles. The maximum Gasteiger partial charge on any atom is 0.242 e. The van der Waals surface area contributed by atoms with Gasteiger partial charge in [0.05, 0.1) is 0 Å². The molecule has 0 saturated heterocycles. The van der Waals surface area contributed by atoms with Crippen LogP contribution in [0.4, 0.5) is 11.6 Å². The van der Waals surface area contributed by atoms with Crippen LogP contribution in [0.5, 0.6) is 0 Å². The van der Waals surface area contributed by atoms with Crippen molar-refractivity contribution in [2.75, 3.05) is 10.7 Å². The molecule has 7 nitrogen and oxygen atoms in total. The summed E-state index contributed by atoms with van der Waals surface area (Å²) in [6.07, 6.45) is 0. The Morgan fingerprint density at radius 2 is 1.89 bits per heavy atom. The maximum absolute atomic E-state index is 11.7. The molecule has 0 aliphatic rings. The third-order valence-corrected chi connectivity index (χ3v) is 2.17. The molecule has 7 heteroatoms. The number of nitrogens with two attached hydrogens (primary N) is 1. The van der Waals surface area contributed by atoms with E-state index >= 15 is 0 Å². The van der Waals surface area contributed by atoms with Gasteiger partial charge < -0.3 is 16.1 Å². The predicted molar refractivity (Wildman–Crippen MR) is 70.9 cm³/mol. The highest BCUT2D eigenvalue weighted by Gasteiger charge is 2.14. The Hall–Kier alpha value is -1.89. The first-order chi connectivity index (χ1) is 8.42. The van der Waals surface area contributed by atoms with E-state index in [9.17, 15) is 4.79 Å². The number of nitrogen functional groups attached to an aromatic ring is 1. The topological polar surface area (TPSA) is 105 Å². The van der Waals surface area contributed by atoms with Crippen molar-refractivity contribution in [2.45, 2.75) is 39.8 Å². The van der Waals surface area contributed by atoms with Gasteiger partial charge in [0.15, 0.2) is 0 Å². The number of hydrogen-bond donors (Lipinski definition) is 4. The van der Waals surface area contributed by atoms with Crippen molar-refractivity contribution in [1.82, 2.24) is 15.3 Å². The van der Waals surface area contributed by atoms with E-state index in [2.05, 4.69) is 26.0 Å². The van der Waals surface area contributed by atoms with Crippen LogP contribution in [0.25, 0.3) is 0 Å².